The molecule has 5 heteroatoms. The summed E-state index contributed by atoms with van der Waals surface area (Å²) in [4.78, 5) is 21.7. The third-order valence-electron chi connectivity index (χ3n) is 2.74. The highest BCUT2D eigenvalue weighted by atomic mass is 16.1. The molecule has 0 aliphatic heterocycles. The molecule has 5 nitrogen and oxygen atoms in total. The Bertz CT molecular complexity index is 740. The second-order valence-electron chi connectivity index (χ2n) is 4.15. The van der Waals surface area contributed by atoms with Gasteiger partial charge in [-0.05, 0) is 25.1 Å². The van der Waals surface area contributed by atoms with E-state index >= 15 is 0 Å². The highest BCUT2D eigenvalue weighted by Crippen LogP contribution is 2.14. The van der Waals surface area contributed by atoms with Crippen molar-refractivity contribution in [2.45, 2.75) is 6.92 Å². The van der Waals surface area contributed by atoms with Gasteiger partial charge in [-0.25, -0.2) is 0 Å². The molecular formula is C13H12N4O. The molecule has 3 rings (SSSR count). The molecule has 0 radical (unpaired) electrons. The van der Waals surface area contributed by atoms with Crippen LogP contribution in [0.1, 0.15) is 5.56 Å². The Morgan fingerprint density at radius 2 is 1.94 bits per heavy atom. The highest BCUT2D eigenvalue weighted by Gasteiger charge is 2.04. The molecule has 0 bridgehead atoms. The van der Waals surface area contributed by atoms with E-state index in [-0.39, 0.29) is 5.56 Å². The number of anilines is 2. The second-order valence-corrected chi connectivity index (χ2v) is 4.15. The molecule has 2 aromatic heterocycles. The number of nitrogens with zero attached hydrogens (tertiary/aromatic N) is 1. The van der Waals surface area contributed by atoms with Gasteiger partial charge in [-0.3, -0.25) is 9.78 Å². The second kappa shape index (κ2) is 4.03. The first-order valence-corrected chi connectivity index (χ1v) is 5.63. The average Bonchev–Trinajstić information content (AvgIpc) is 2.81. The van der Waals surface area contributed by atoms with Crippen molar-refractivity contribution in [1.29, 1.82) is 0 Å². The number of hydrogen-bond acceptors (Lipinski definition) is 3. The Labute approximate surface area is 103 Å². The largest absolute Gasteiger partial charge is 0.346 e. The van der Waals surface area contributed by atoms with Gasteiger partial charge in [0.2, 0.25) is 5.95 Å². The molecule has 1 aromatic carbocycles. The van der Waals surface area contributed by atoms with E-state index in [1.807, 2.05) is 31.2 Å². The van der Waals surface area contributed by atoms with E-state index in [1.165, 1.54) is 5.56 Å². The van der Waals surface area contributed by atoms with Crippen LogP contribution in [0.2, 0.25) is 0 Å². The highest BCUT2D eigenvalue weighted by molar-refractivity contribution is 5.75. The summed E-state index contributed by atoms with van der Waals surface area (Å²) >= 11 is 0. The molecule has 3 aromatic rings. The fraction of sp³-hybridized carbons (Fsp3) is 0.0769. The summed E-state index contributed by atoms with van der Waals surface area (Å²) in [6, 6.07) is 9.57. The lowest BCUT2D eigenvalue weighted by molar-refractivity contribution is 1.16. The minimum absolute atomic E-state index is 0.157. The number of nitrogens with one attached hydrogen (secondary N) is 3. The van der Waals surface area contributed by atoms with Crippen molar-refractivity contribution in [1.82, 2.24) is 15.0 Å². The fourth-order valence-corrected chi connectivity index (χ4v) is 1.78. The van der Waals surface area contributed by atoms with Gasteiger partial charge >= 0.3 is 0 Å². The number of aryl methyl sites for hydroxylation is 1. The van der Waals surface area contributed by atoms with Crippen LogP contribution < -0.4 is 10.9 Å². The zero-order valence-corrected chi connectivity index (χ0v) is 9.82. The summed E-state index contributed by atoms with van der Waals surface area (Å²) in [7, 11) is 0. The molecule has 3 N–H and O–H groups in total. The van der Waals surface area contributed by atoms with Crippen LogP contribution >= 0.6 is 0 Å². The summed E-state index contributed by atoms with van der Waals surface area (Å²) in [6.45, 7) is 2.02. The molecule has 2 heterocycles. The van der Waals surface area contributed by atoms with E-state index in [9.17, 15) is 4.79 Å². The SMILES string of the molecule is Cc1ccc(Nc2nc3[nH]ccc3c(=O)[nH]2)cc1. The van der Waals surface area contributed by atoms with Gasteiger partial charge in [-0.2, -0.15) is 4.98 Å². The third-order valence-corrected chi connectivity index (χ3v) is 2.74. The van der Waals surface area contributed by atoms with Crippen LogP contribution in [0.4, 0.5) is 11.6 Å². The van der Waals surface area contributed by atoms with Crippen molar-refractivity contribution >= 4 is 22.7 Å². The zero-order valence-electron chi connectivity index (χ0n) is 9.82. The van der Waals surface area contributed by atoms with Gasteiger partial charge in [-0.1, -0.05) is 17.7 Å². The van der Waals surface area contributed by atoms with E-state index in [4.69, 9.17) is 0 Å². The van der Waals surface area contributed by atoms with E-state index in [2.05, 4.69) is 20.3 Å². The van der Waals surface area contributed by atoms with Crippen LogP contribution in [0.15, 0.2) is 41.3 Å². The average molecular weight is 240 g/mol. The number of H-pyrrole nitrogens is 2. The Morgan fingerprint density at radius 3 is 2.72 bits per heavy atom. The Kier molecular flexibility index (Phi) is 2.37. The maximum atomic E-state index is 11.7. The van der Waals surface area contributed by atoms with Crippen molar-refractivity contribution in [3.8, 4) is 0 Å². The number of fused-ring (bicyclic) bond motifs is 1. The summed E-state index contributed by atoms with van der Waals surface area (Å²) < 4.78 is 0. The monoisotopic (exact) mass is 240 g/mol. The van der Waals surface area contributed by atoms with Crippen LogP contribution in [0, 0.1) is 6.92 Å². The molecule has 0 unspecified atom stereocenters. The Hall–Kier alpha value is -2.56. The minimum atomic E-state index is -0.157. The summed E-state index contributed by atoms with van der Waals surface area (Å²) in [6.07, 6.45) is 1.70. The van der Waals surface area contributed by atoms with Crippen molar-refractivity contribution in [2.24, 2.45) is 0 Å². The predicted molar refractivity (Wildman–Crippen MR) is 71.2 cm³/mol. The standard InChI is InChI=1S/C13H12N4O/c1-8-2-4-9(5-3-8)15-13-16-11-10(6-7-14-11)12(18)17-13/h2-7H,1H3,(H3,14,15,16,17,18). The van der Waals surface area contributed by atoms with Gasteiger partial charge in [0.1, 0.15) is 5.65 Å². The van der Waals surface area contributed by atoms with E-state index in [0.29, 0.717) is 17.0 Å². The van der Waals surface area contributed by atoms with Gasteiger partial charge in [0.15, 0.2) is 0 Å². The van der Waals surface area contributed by atoms with Crippen LogP contribution in [0.5, 0.6) is 0 Å². The van der Waals surface area contributed by atoms with Crippen molar-refractivity contribution in [3.05, 3.63) is 52.4 Å². The molecule has 0 aliphatic rings. The molecule has 0 saturated carbocycles. The van der Waals surface area contributed by atoms with E-state index in [1.54, 1.807) is 12.3 Å². The fourth-order valence-electron chi connectivity index (χ4n) is 1.78. The van der Waals surface area contributed by atoms with Gasteiger partial charge in [0.05, 0.1) is 5.39 Å². The van der Waals surface area contributed by atoms with E-state index in [0.717, 1.165) is 5.69 Å². The molecular weight excluding hydrogens is 228 g/mol. The molecule has 0 aliphatic carbocycles. The molecule has 18 heavy (non-hydrogen) atoms. The quantitative estimate of drug-likeness (QED) is 0.643. The lowest BCUT2D eigenvalue weighted by Crippen LogP contribution is -2.10. The topological polar surface area (TPSA) is 73.6 Å². The zero-order chi connectivity index (χ0) is 12.5. The first-order chi connectivity index (χ1) is 8.72. The normalized spacial score (nSPS) is 10.7. The van der Waals surface area contributed by atoms with Gasteiger partial charge < -0.3 is 10.3 Å². The van der Waals surface area contributed by atoms with Gasteiger partial charge in [-0.15, -0.1) is 0 Å². The summed E-state index contributed by atoms with van der Waals surface area (Å²) in [5, 5.41) is 3.63. The number of hydrogen-bond donors (Lipinski definition) is 3. The van der Waals surface area contributed by atoms with Crippen LogP contribution in [-0.2, 0) is 0 Å². The van der Waals surface area contributed by atoms with Crippen LogP contribution in [0.25, 0.3) is 11.0 Å². The molecule has 0 amide bonds. The number of benzene rings is 1. The molecule has 0 spiro atoms. The lowest BCUT2D eigenvalue weighted by atomic mass is 10.2. The van der Waals surface area contributed by atoms with Crippen LogP contribution in [-0.4, -0.2) is 15.0 Å². The Morgan fingerprint density at radius 1 is 1.17 bits per heavy atom. The van der Waals surface area contributed by atoms with Gasteiger partial charge in [0, 0.05) is 11.9 Å². The predicted octanol–water partition coefficient (Wildman–Crippen LogP) is 2.30. The molecule has 0 saturated heterocycles. The first kappa shape index (κ1) is 10.6. The van der Waals surface area contributed by atoms with Crippen LogP contribution in [0.3, 0.4) is 0 Å². The molecule has 0 fully saturated rings. The van der Waals surface area contributed by atoms with Crippen molar-refractivity contribution in [2.75, 3.05) is 5.32 Å². The lowest BCUT2D eigenvalue weighted by Gasteiger charge is -2.05. The first-order valence-electron chi connectivity index (χ1n) is 5.63. The summed E-state index contributed by atoms with van der Waals surface area (Å²) in [5.74, 6) is 0.429. The summed E-state index contributed by atoms with van der Waals surface area (Å²) in [5.41, 5.74) is 2.49. The van der Waals surface area contributed by atoms with E-state index < -0.39 is 0 Å². The third kappa shape index (κ3) is 1.86. The van der Waals surface area contributed by atoms with Crippen molar-refractivity contribution in [3.63, 3.8) is 0 Å². The number of rotatable bonds is 2. The maximum absolute atomic E-state index is 11.7. The smallest absolute Gasteiger partial charge is 0.261 e. The maximum Gasteiger partial charge on any atom is 0.261 e. The minimum Gasteiger partial charge on any atom is -0.346 e. The number of aromatic amines is 2. The van der Waals surface area contributed by atoms with Gasteiger partial charge in [0.25, 0.3) is 5.56 Å². The number of aromatic nitrogens is 3. The molecule has 90 valence electrons. The molecule has 0 atom stereocenters. The Balaban J connectivity index is 1.99. The van der Waals surface area contributed by atoms with Crippen molar-refractivity contribution < 1.29 is 0 Å².